The van der Waals surface area contributed by atoms with Crippen LogP contribution in [0.5, 0.6) is 0 Å². The van der Waals surface area contributed by atoms with Crippen molar-refractivity contribution in [3.05, 3.63) is 0 Å². The molecule has 3 aliphatic rings. The molecule has 0 heterocycles. The van der Waals surface area contributed by atoms with Gasteiger partial charge in [0.15, 0.2) is 12.2 Å². The number of ether oxygens (including phenoxy) is 5. The highest BCUT2D eigenvalue weighted by Crippen LogP contribution is 2.29. The van der Waals surface area contributed by atoms with Gasteiger partial charge in [-0.2, -0.15) is 0 Å². The molecular formula is C44H77NO11. The van der Waals surface area contributed by atoms with Gasteiger partial charge in [0.1, 0.15) is 19.8 Å². The van der Waals surface area contributed by atoms with Gasteiger partial charge in [0.25, 0.3) is 0 Å². The average molecular weight is 796 g/mol. The van der Waals surface area contributed by atoms with Crippen LogP contribution in [0.25, 0.3) is 0 Å². The summed E-state index contributed by atoms with van der Waals surface area (Å²) in [5.41, 5.74) is 0. The van der Waals surface area contributed by atoms with Crippen LogP contribution in [-0.2, 0) is 52.6 Å². The zero-order chi connectivity index (χ0) is 39.9. The van der Waals surface area contributed by atoms with E-state index in [0.717, 1.165) is 50.4 Å². The van der Waals surface area contributed by atoms with Crippen molar-refractivity contribution in [2.45, 2.75) is 186 Å². The second kappa shape index (κ2) is 31.7. The summed E-state index contributed by atoms with van der Waals surface area (Å²) in [7, 11) is 1.52. The van der Waals surface area contributed by atoms with Crippen molar-refractivity contribution in [1.82, 2.24) is 5.32 Å². The average Bonchev–Trinajstić information content (AvgIpc) is 3.21. The van der Waals surface area contributed by atoms with E-state index in [2.05, 4.69) is 5.32 Å². The number of carbonyl (C=O) groups is 4. The molecule has 56 heavy (non-hydrogen) atoms. The molecule has 0 aliphatic heterocycles. The molecule has 1 N–H and O–H groups in total. The Morgan fingerprint density at radius 3 is 1.34 bits per heavy atom. The van der Waals surface area contributed by atoms with Gasteiger partial charge in [-0.25, -0.2) is 9.78 Å². The lowest BCUT2D eigenvalue weighted by Crippen LogP contribution is -2.30. The van der Waals surface area contributed by atoms with Crippen LogP contribution in [-0.4, -0.2) is 89.3 Å². The van der Waals surface area contributed by atoms with Gasteiger partial charge in [-0.3, -0.25) is 19.2 Å². The highest BCUT2D eigenvalue weighted by molar-refractivity contribution is 5.71. The maximum Gasteiger partial charge on any atom is 0.306 e. The summed E-state index contributed by atoms with van der Waals surface area (Å²) >= 11 is 0. The minimum absolute atomic E-state index is 0.00702. The van der Waals surface area contributed by atoms with Crippen molar-refractivity contribution < 1.29 is 52.6 Å². The molecule has 3 aliphatic carbocycles. The topological polar surface area (TPSA) is 145 Å². The second-order valence-electron chi connectivity index (χ2n) is 16.5. The van der Waals surface area contributed by atoms with E-state index in [1.807, 2.05) is 0 Å². The van der Waals surface area contributed by atoms with Crippen molar-refractivity contribution in [2.75, 3.05) is 53.2 Å². The summed E-state index contributed by atoms with van der Waals surface area (Å²) in [5, 5.41) is 3.25. The zero-order valence-corrected chi connectivity index (χ0v) is 34.9. The van der Waals surface area contributed by atoms with Crippen molar-refractivity contribution >= 4 is 23.9 Å². The Bertz CT molecular complexity index is 1040. The van der Waals surface area contributed by atoms with Crippen molar-refractivity contribution in [3.8, 4) is 0 Å². The molecular weight excluding hydrogens is 718 g/mol. The molecule has 3 rings (SSSR count). The Labute approximate surface area is 337 Å². The second-order valence-corrected chi connectivity index (χ2v) is 16.5. The molecule has 0 aromatic carbocycles. The minimum atomic E-state index is -0.751. The molecule has 3 fully saturated rings. The van der Waals surface area contributed by atoms with Gasteiger partial charge in [0.2, 0.25) is 0 Å². The van der Waals surface area contributed by atoms with E-state index >= 15 is 0 Å². The molecule has 0 saturated heterocycles. The number of carbonyl (C=O) groups excluding carboxylic acids is 4. The van der Waals surface area contributed by atoms with Crippen LogP contribution in [0.15, 0.2) is 0 Å². The number of nitrogens with one attached hydrogen (secondary N) is 1. The smallest absolute Gasteiger partial charge is 0.306 e. The first kappa shape index (κ1) is 48.1. The predicted molar refractivity (Wildman–Crippen MR) is 213 cm³/mol. The molecule has 0 aromatic heterocycles. The van der Waals surface area contributed by atoms with Crippen LogP contribution in [0.4, 0.5) is 0 Å². The van der Waals surface area contributed by atoms with Gasteiger partial charge in [0, 0.05) is 32.8 Å². The Hall–Kier alpha value is -2.28. The summed E-state index contributed by atoms with van der Waals surface area (Å²) in [6.07, 6.45) is 26.1. The first-order chi connectivity index (χ1) is 27.4. The predicted octanol–water partition coefficient (Wildman–Crippen LogP) is 8.50. The van der Waals surface area contributed by atoms with Crippen molar-refractivity contribution in [3.63, 3.8) is 0 Å². The maximum atomic E-state index is 12.7. The largest absolute Gasteiger partial charge is 0.462 e. The van der Waals surface area contributed by atoms with E-state index in [4.69, 9.17) is 33.5 Å². The number of methoxy groups -OCH3 is 1. The molecule has 0 amide bonds. The summed E-state index contributed by atoms with van der Waals surface area (Å²) in [5.74, 6) is 0.897. The van der Waals surface area contributed by atoms with E-state index in [9.17, 15) is 19.2 Å². The van der Waals surface area contributed by atoms with Gasteiger partial charge in [-0.1, -0.05) is 96.3 Å². The number of rotatable bonds is 31. The fourth-order valence-corrected chi connectivity index (χ4v) is 8.38. The highest BCUT2D eigenvalue weighted by Gasteiger charge is 2.21. The minimum Gasteiger partial charge on any atom is -0.462 e. The molecule has 0 spiro atoms. The maximum absolute atomic E-state index is 12.7. The first-order valence-electron chi connectivity index (χ1n) is 22.6. The SMILES string of the molecule is COCC(COC(=O)CCCC1CCCCC1)OC(=O)CCCNCCCC(=O)OC(COOCCCC1CCCCC1)COC(=O)CCCC1CCCCC1. The third kappa shape index (κ3) is 24.5. The van der Waals surface area contributed by atoms with Crippen LogP contribution in [0.3, 0.4) is 0 Å². The first-order valence-corrected chi connectivity index (χ1v) is 22.6. The van der Waals surface area contributed by atoms with E-state index in [0.29, 0.717) is 51.3 Å². The van der Waals surface area contributed by atoms with E-state index in [1.54, 1.807) is 0 Å². The summed E-state index contributed by atoms with van der Waals surface area (Å²) in [6, 6.07) is 0. The lowest BCUT2D eigenvalue weighted by atomic mass is 9.86. The molecule has 3 saturated carbocycles. The lowest BCUT2D eigenvalue weighted by molar-refractivity contribution is -0.307. The van der Waals surface area contributed by atoms with Crippen LogP contribution < -0.4 is 5.32 Å². The molecule has 2 atom stereocenters. The van der Waals surface area contributed by atoms with Crippen molar-refractivity contribution in [2.24, 2.45) is 17.8 Å². The summed E-state index contributed by atoms with van der Waals surface area (Å²) < 4.78 is 27.2. The van der Waals surface area contributed by atoms with Crippen LogP contribution in [0.2, 0.25) is 0 Å². The number of esters is 4. The quantitative estimate of drug-likeness (QED) is 0.0236. The third-order valence-electron chi connectivity index (χ3n) is 11.6. The Morgan fingerprint density at radius 2 is 0.893 bits per heavy atom. The molecule has 0 aromatic rings. The van der Waals surface area contributed by atoms with Crippen molar-refractivity contribution in [1.29, 1.82) is 0 Å². The molecule has 0 radical (unpaired) electrons. The molecule has 12 heteroatoms. The van der Waals surface area contributed by atoms with Gasteiger partial charge >= 0.3 is 23.9 Å². The normalized spacial score (nSPS) is 18.2. The summed E-state index contributed by atoms with van der Waals surface area (Å²) in [4.78, 5) is 60.7. The number of hydrogen-bond acceptors (Lipinski definition) is 12. The Balaban J connectivity index is 1.24. The van der Waals surface area contributed by atoms with Crippen LogP contribution in [0, 0.1) is 17.8 Å². The standard InChI is InChI=1S/C44H77NO11/c1-50-32-39(33-51-41(46)25-11-22-36-16-5-2-6-17-36)55-43(48)27-13-29-45-30-14-28-44(49)56-40(35-54-53-31-15-24-38-20-9-4-10-21-38)34-52-42(47)26-12-23-37-18-7-3-8-19-37/h36-40,45H,2-35H2,1H3. The van der Waals surface area contributed by atoms with E-state index in [-0.39, 0.29) is 57.2 Å². The van der Waals surface area contributed by atoms with Crippen LogP contribution in [0.1, 0.15) is 173 Å². The monoisotopic (exact) mass is 796 g/mol. The molecule has 0 bridgehead atoms. The van der Waals surface area contributed by atoms with Gasteiger partial charge in [-0.15, -0.1) is 0 Å². The van der Waals surface area contributed by atoms with Crippen LogP contribution >= 0.6 is 0 Å². The Morgan fingerprint density at radius 1 is 0.482 bits per heavy atom. The highest BCUT2D eigenvalue weighted by atomic mass is 17.2. The molecule has 324 valence electrons. The Kier molecular flexibility index (Phi) is 27.2. The van der Waals surface area contributed by atoms with Gasteiger partial charge in [0.05, 0.1) is 13.2 Å². The summed E-state index contributed by atoms with van der Waals surface area (Å²) in [6.45, 7) is 1.67. The fourth-order valence-electron chi connectivity index (χ4n) is 8.38. The lowest BCUT2D eigenvalue weighted by Gasteiger charge is -2.21. The third-order valence-corrected chi connectivity index (χ3v) is 11.6. The number of hydrogen-bond donors (Lipinski definition) is 1. The van der Waals surface area contributed by atoms with E-state index < -0.39 is 18.2 Å². The zero-order valence-electron chi connectivity index (χ0n) is 34.9. The van der Waals surface area contributed by atoms with Gasteiger partial charge in [-0.05, 0) is 82.2 Å². The molecule has 2 unspecified atom stereocenters. The van der Waals surface area contributed by atoms with E-state index in [1.165, 1.54) is 103 Å². The van der Waals surface area contributed by atoms with Gasteiger partial charge < -0.3 is 29.0 Å². The fraction of sp³-hybridized carbons (Fsp3) is 0.909. The molecule has 12 nitrogen and oxygen atoms in total.